The van der Waals surface area contributed by atoms with Crippen LogP contribution >= 0.6 is 17.0 Å². The molecule has 0 aliphatic heterocycles. The predicted molar refractivity (Wildman–Crippen MR) is 65.6 cm³/mol. The summed E-state index contributed by atoms with van der Waals surface area (Å²) in [6.07, 6.45) is 0. The SMILES string of the molecule is CC(=O)O.CC(=O)O.CC(=O)O.CC(=O)O.[O]=[Zr]([Cl])[Cl].[Zr]. The maximum atomic E-state index is 9.26. The molecule has 13 heteroatoms. The number of carbonyl (C=O) groups is 4. The molecule has 0 fully saturated rings. The van der Waals surface area contributed by atoms with Crippen molar-refractivity contribution >= 4 is 40.9 Å². The zero-order valence-corrected chi connectivity index (χ0v) is 18.0. The molecule has 0 atom stereocenters. The fourth-order valence-corrected chi connectivity index (χ4v) is 0. The Balaban J connectivity index is -0.0000000331. The van der Waals surface area contributed by atoms with Gasteiger partial charge in [0.15, 0.2) is 0 Å². The van der Waals surface area contributed by atoms with Crippen LogP contribution < -0.4 is 0 Å². The first kappa shape index (κ1) is 37.3. The summed E-state index contributed by atoms with van der Waals surface area (Å²) in [6.45, 7) is 4.33. The number of aliphatic carboxylic acids is 4. The minimum Gasteiger partial charge on any atom is 0 e. The van der Waals surface area contributed by atoms with Crippen LogP contribution in [0.4, 0.5) is 0 Å². The van der Waals surface area contributed by atoms with Gasteiger partial charge < -0.3 is 20.4 Å². The Hall–Kier alpha value is 0.0262. The van der Waals surface area contributed by atoms with Crippen LogP contribution in [0.5, 0.6) is 0 Å². The van der Waals surface area contributed by atoms with Crippen LogP contribution in [-0.2, 0) is 67.6 Å². The van der Waals surface area contributed by atoms with Crippen molar-refractivity contribution in [3.8, 4) is 0 Å². The maximum Gasteiger partial charge on any atom is 0 e. The summed E-state index contributed by atoms with van der Waals surface area (Å²) in [5, 5.41) is 29.7. The average molecular weight is 510 g/mol. The maximum absolute atomic E-state index is 9.26. The zero-order valence-electron chi connectivity index (χ0n) is 11.6. The average Bonchev–Trinajstić information content (AvgIpc) is 1.94. The van der Waals surface area contributed by atoms with Gasteiger partial charge in [-0.1, -0.05) is 0 Å². The molecule has 0 aliphatic rings. The minimum absolute atomic E-state index is 0. The van der Waals surface area contributed by atoms with Crippen LogP contribution in [-0.4, -0.2) is 44.3 Å². The third-order valence-corrected chi connectivity index (χ3v) is 0. The second kappa shape index (κ2) is 32.1. The molecular weight excluding hydrogens is 493 g/mol. The molecule has 0 radical (unpaired) electrons. The fraction of sp³-hybridized carbons (Fsp3) is 0.500. The Bertz CT molecular complexity index is 220. The molecule has 4 N–H and O–H groups in total. The van der Waals surface area contributed by atoms with Crippen molar-refractivity contribution in [2.24, 2.45) is 0 Å². The van der Waals surface area contributed by atoms with Crippen molar-refractivity contribution in [2.75, 3.05) is 0 Å². The quantitative estimate of drug-likeness (QED) is 0.379. The van der Waals surface area contributed by atoms with Gasteiger partial charge in [0, 0.05) is 53.9 Å². The normalized spacial score (nSPS) is 6.00. The summed E-state index contributed by atoms with van der Waals surface area (Å²) in [6, 6.07) is 0. The molecule has 0 aliphatic carbocycles. The molecule has 0 rings (SSSR count). The van der Waals surface area contributed by atoms with Crippen LogP contribution in [0.2, 0.25) is 0 Å². The molecule has 0 saturated carbocycles. The molecule has 0 spiro atoms. The van der Waals surface area contributed by atoms with Gasteiger partial charge in [-0.05, 0) is 0 Å². The smallest absolute Gasteiger partial charge is 0 e. The van der Waals surface area contributed by atoms with Crippen LogP contribution in [0.3, 0.4) is 0 Å². The molecular formula is C8H16Cl2O9Zr2. The molecule has 0 aromatic heterocycles. The molecule has 0 aromatic carbocycles. The molecule has 0 unspecified atom stereocenters. The van der Waals surface area contributed by atoms with Gasteiger partial charge >= 0.3 is 39.2 Å². The first-order valence-electron chi connectivity index (χ1n) is 4.29. The summed E-state index contributed by atoms with van der Waals surface area (Å²) in [4.78, 5) is 36.0. The first-order valence-corrected chi connectivity index (χ1v) is 11.6. The Morgan fingerprint density at radius 2 is 0.667 bits per heavy atom. The van der Waals surface area contributed by atoms with Crippen LogP contribution in [0.1, 0.15) is 27.7 Å². The summed E-state index contributed by atoms with van der Waals surface area (Å²) in [5.41, 5.74) is 0. The third kappa shape index (κ3) is 9460000. The number of carboxylic acid groups (broad SMARTS) is 4. The topological polar surface area (TPSA) is 166 Å². The number of carboxylic acids is 4. The van der Waals surface area contributed by atoms with Crippen molar-refractivity contribution in [1.29, 1.82) is 0 Å². The van der Waals surface area contributed by atoms with Gasteiger partial charge in [-0.3, -0.25) is 19.2 Å². The Kier molecular flexibility index (Phi) is 57.1. The van der Waals surface area contributed by atoms with E-state index in [2.05, 4.69) is 17.0 Å². The van der Waals surface area contributed by atoms with Crippen LogP contribution in [0.25, 0.3) is 0 Å². The van der Waals surface area contributed by atoms with Crippen LogP contribution in [0, 0.1) is 0 Å². The molecule has 0 heterocycles. The van der Waals surface area contributed by atoms with E-state index in [-0.39, 0.29) is 26.2 Å². The summed E-state index contributed by atoms with van der Waals surface area (Å²) in [7, 11) is 9.36. The van der Waals surface area contributed by atoms with Gasteiger partial charge in [-0.15, -0.1) is 0 Å². The Morgan fingerprint density at radius 1 is 0.667 bits per heavy atom. The largest absolute Gasteiger partial charge is 0 e. The van der Waals surface area contributed by atoms with Crippen molar-refractivity contribution in [3.05, 3.63) is 0 Å². The van der Waals surface area contributed by atoms with E-state index >= 15 is 0 Å². The molecule has 0 saturated heterocycles. The van der Waals surface area contributed by atoms with Crippen molar-refractivity contribution in [2.45, 2.75) is 27.7 Å². The van der Waals surface area contributed by atoms with Gasteiger partial charge in [0.1, 0.15) is 0 Å². The van der Waals surface area contributed by atoms with E-state index in [0.717, 1.165) is 27.7 Å². The second-order valence-electron chi connectivity index (χ2n) is 2.30. The summed E-state index contributed by atoms with van der Waals surface area (Å²) in [5.74, 6) is -3.33. The Morgan fingerprint density at radius 3 is 0.667 bits per heavy atom. The Labute approximate surface area is 155 Å². The third-order valence-electron chi connectivity index (χ3n) is 0. The predicted octanol–water partition coefficient (Wildman–Crippen LogP) is 1.62. The molecule has 0 aromatic rings. The van der Waals surface area contributed by atoms with E-state index < -0.39 is 43.2 Å². The fourth-order valence-electron chi connectivity index (χ4n) is 0. The molecule has 9 nitrogen and oxygen atoms in total. The molecule has 124 valence electrons. The number of rotatable bonds is 0. The van der Waals surface area contributed by atoms with E-state index in [1.165, 1.54) is 0 Å². The van der Waals surface area contributed by atoms with Gasteiger partial charge in [-0.25, -0.2) is 0 Å². The van der Waals surface area contributed by atoms with Crippen molar-refractivity contribution < 1.29 is 88.0 Å². The molecule has 0 bridgehead atoms. The monoisotopic (exact) mass is 506 g/mol. The van der Waals surface area contributed by atoms with E-state index in [1.54, 1.807) is 0 Å². The number of hydrogen-bond donors (Lipinski definition) is 4. The number of hydrogen-bond acceptors (Lipinski definition) is 5. The summed E-state index contributed by atoms with van der Waals surface area (Å²) >= 11 is -2.85. The minimum atomic E-state index is -2.85. The zero-order chi connectivity index (χ0) is 17.9. The number of halogens is 2. The summed E-state index contributed by atoms with van der Waals surface area (Å²) < 4.78 is 9.26. The standard InChI is InChI=1S/4C2H4O2.2ClH.O.2Zr/c4*1-2(3)4;;;;;/h4*1H3,(H,3,4);2*1H;;;/q;;;;;;;;+2/p-2. The molecule has 21 heavy (non-hydrogen) atoms. The van der Waals surface area contributed by atoms with E-state index in [1.807, 2.05) is 0 Å². The van der Waals surface area contributed by atoms with Crippen molar-refractivity contribution in [3.63, 3.8) is 0 Å². The van der Waals surface area contributed by atoms with E-state index in [9.17, 15) is 2.81 Å². The van der Waals surface area contributed by atoms with Gasteiger partial charge in [0.25, 0.3) is 23.9 Å². The van der Waals surface area contributed by atoms with Gasteiger partial charge in [0.2, 0.25) is 0 Å². The second-order valence-corrected chi connectivity index (χ2v) is 8.62. The van der Waals surface area contributed by atoms with E-state index in [0.29, 0.717) is 0 Å². The van der Waals surface area contributed by atoms with Crippen molar-refractivity contribution in [1.82, 2.24) is 0 Å². The van der Waals surface area contributed by atoms with Gasteiger partial charge in [0.05, 0.1) is 0 Å². The molecule has 0 amide bonds. The van der Waals surface area contributed by atoms with E-state index in [4.69, 9.17) is 39.6 Å². The van der Waals surface area contributed by atoms with Crippen LogP contribution in [0.15, 0.2) is 0 Å². The van der Waals surface area contributed by atoms with Gasteiger partial charge in [-0.2, -0.15) is 0 Å². The first-order chi connectivity index (χ1) is 8.66.